The Hall–Kier alpha value is -1.54. The second-order valence-corrected chi connectivity index (χ2v) is 3.05. The Kier molecular flexibility index (Phi) is 3.25. The van der Waals surface area contributed by atoms with E-state index in [1.54, 1.807) is 0 Å². The van der Waals surface area contributed by atoms with Gasteiger partial charge in [-0.15, -0.1) is 0 Å². The summed E-state index contributed by atoms with van der Waals surface area (Å²) >= 11 is 0. The highest BCUT2D eigenvalue weighted by atomic mass is 19.4. The Balaban J connectivity index is 3.31. The number of nitrogen functional groups attached to an aromatic ring is 1. The third-order valence-electron chi connectivity index (χ3n) is 1.86. The van der Waals surface area contributed by atoms with Crippen LogP contribution in [0.2, 0.25) is 0 Å². The normalized spacial score (nSPS) is 11.3. The summed E-state index contributed by atoms with van der Waals surface area (Å²) in [6.45, 7) is 0. The lowest BCUT2D eigenvalue weighted by atomic mass is 9.76. The monoisotopic (exact) mass is 233 g/mol. The number of benzene rings is 1. The van der Waals surface area contributed by atoms with Gasteiger partial charge in [0.15, 0.2) is 0 Å². The van der Waals surface area contributed by atoms with Crippen molar-refractivity contribution in [2.45, 2.75) is 6.18 Å². The fraction of sp³-hybridized carbons (Fsp3) is 0.125. The van der Waals surface area contributed by atoms with Gasteiger partial charge in [0.1, 0.15) is 0 Å². The maximum atomic E-state index is 12.2. The molecule has 0 aliphatic rings. The van der Waals surface area contributed by atoms with E-state index in [-0.39, 0.29) is 5.69 Å². The maximum absolute atomic E-state index is 12.2. The fourth-order valence-electron chi connectivity index (χ4n) is 1.15. The minimum atomic E-state index is -5.09. The molecule has 16 heavy (non-hydrogen) atoms. The van der Waals surface area contributed by atoms with Gasteiger partial charge in [0.25, 0.3) is 5.78 Å². The first kappa shape index (κ1) is 12.5. The number of ketones is 1. The van der Waals surface area contributed by atoms with Gasteiger partial charge in [-0.3, -0.25) is 4.79 Å². The first-order valence-electron chi connectivity index (χ1n) is 4.10. The number of nitrogens with two attached hydrogens (primary N) is 1. The van der Waals surface area contributed by atoms with Crippen LogP contribution in [0.25, 0.3) is 0 Å². The van der Waals surface area contributed by atoms with Crippen LogP contribution in [0.1, 0.15) is 10.4 Å². The van der Waals surface area contributed by atoms with E-state index < -0.39 is 30.1 Å². The molecule has 4 N–H and O–H groups in total. The number of hydrogen-bond donors (Lipinski definition) is 3. The average molecular weight is 233 g/mol. The number of rotatable bonds is 2. The molecule has 0 radical (unpaired) electrons. The van der Waals surface area contributed by atoms with Gasteiger partial charge in [-0.05, 0) is 17.6 Å². The topological polar surface area (TPSA) is 83.6 Å². The lowest BCUT2D eigenvalue weighted by molar-refractivity contribution is -0.0884. The summed E-state index contributed by atoms with van der Waals surface area (Å²) in [6.07, 6.45) is -5.09. The van der Waals surface area contributed by atoms with Crippen molar-refractivity contribution in [2.24, 2.45) is 0 Å². The SMILES string of the molecule is Nc1ccc(B(O)O)c(C(=O)C(F)(F)F)c1. The molecule has 0 saturated heterocycles. The number of alkyl halides is 3. The van der Waals surface area contributed by atoms with Crippen LogP contribution in [0.3, 0.4) is 0 Å². The number of carbonyl (C=O) groups excluding carboxylic acids is 1. The van der Waals surface area contributed by atoms with Crippen LogP contribution >= 0.6 is 0 Å². The maximum Gasteiger partial charge on any atom is 0.489 e. The van der Waals surface area contributed by atoms with Crippen molar-refractivity contribution in [2.75, 3.05) is 5.73 Å². The Morgan fingerprint density at radius 2 is 1.88 bits per heavy atom. The molecule has 1 aromatic carbocycles. The summed E-state index contributed by atoms with van der Waals surface area (Å²) in [5.74, 6) is -2.16. The van der Waals surface area contributed by atoms with E-state index in [2.05, 4.69) is 0 Å². The van der Waals surface area contributed by atoms with Gasteiger partial charge in [-0.25, -0.2) is 0 Å². The Bertz CT molecular complexity index is 419. The molecular formula is C8H7BF3NO3. The molecule has 8 heteroatoms. The summed E-state index contributed by atoms with van der Waals surface area (Å²) < 4.78 is 36.5. The van der Waals surface area contributed by atoms with Crippen LogP contribution in [0, 0.1) is 0 Å². The minimum Gasteiger partial charge on any atom is -0.423 e. The van der Waals surface area contributed by atoms with Crippen molar-refractivity contribution in [1.29, 1.82) is 0 Å². The van der Waals surface area contributed by atoms with E-state index in [4.69, 9.17) is 15.8 Å². The average Bonchev–Trinajstić information content (AvgIpc) is 2.14. The molecular weight excluding hydrogens is 226 g/mol. The third-order valence-corrected chi connectivity index (χ3v) is 1.86. The molecule has 0 aromatic heterocycles. The molecule has 0 saturated carbocycles. The first-order valence-corrected chi connectivity index (χ1v) is 4.10. The molecule has 0 unspecified atom stereocenters. The van der Waals surface area contributed by atoms with Crippen LogP contribution in [0.4, 0.5) is 18.9 Å². The number of carbonyl (C=O) groups is 1. The highest BCUT2D eigenvalue weighted by Gasteiger charge is 2.41. The summed E-state index contributed by atoms with van der Waals surface area (Å²) in [7, 11) is -2.16. The van der Waals surface area contributed by atoms with Crippen molar-refractivity contribution in [3.63, 3.8) is 0 Å². The van der Waals surface area contributed by atoms with E-state index in [0.29, 0.717) is 0 Å². The van der Waals surface area contributed by atoms with E-state index in [0.717, 1.165) is 12.1 Å². The van der Waals surface area contributed by atoms with E-state index >= 15 is 0 Å². The molecule has 0 aliphatic heterocycles. The highest BCUT2D eigenvalue weighted by Crippen LogP contribution is 2.21. The Labute approximate surface area is 88.6 Å². The van der Waals surface area contributed by atoms with Crippen molar-refractivity contribution >= 4 is 24.1 Å². The molecule has 0 amide bonds. The summed E-state index contributed by atoms with van der Waals surface area (Å²) in [5.41, 5.74) is 3.76. The molecule has 86 valence electrons. The zero-order valence-electron chi connectivity index (χ0n) is 7.82. The molecule has 0 spiro atoms. The van der Waals surface area contributed by atoms with Crippen LogP contribution in [-0.2, 0) is 0 Å². The predicted molar refractivity (Wildman–Crippen MR) is 51.1 cm³/mol. The first-order chi connectivity index (χ1) is 7.23. The molecule has 1 rings (SSSR count). The zero-order chi connectivity index (χ0) is 12.5. The van der Waals surface area contributed by atoms with Gasteiger partial charge in [-0.1, -0.05) is 6.07 Å². The number of Topliss-reactive ketones (excluding diaryl/α,β-unsaturated/α-hetero) is 1. The number of halogens is 3. The van der Waals surface area contributed by atoms with Crippen LogP contribution in [0.15, 0.2) is 18.2 Å². The Morgan fingerprint density at radius 1 is 1.31 bits per heavy atom. The van der Waals surface area contributed by atoms with Gasteiger partial charge >= 0.3 is 13.3 Å². The second-order valence-electron chi connectivity index (χ2n) is 3.05. The second kappa shape index (κ2) is 4.15. The van der Waals surface area contributed by atoms with Gasteiger partial charge in [0.2, 0.25) is 0 Å². The Morgan fingerprint density at radius 3 is 2.31 bits per heavy atom. The van der Waals surface area contributed by atoms with Crippen LogP contribution in [-0.4, -0.2) is 29.1 Å². The van der Waals surface area contributed by atoms with Gasteiger partial charge in [-0.2, -0.15) is 13.2 Å². The van der Waals surface area contributed by atoms with Crippen molar-refractivity contribution in [3.05, 3.63) is 23.8 Å². The lowest BCUT2D eigenvalue weighted by Gasteiger charge is -2.10. The summed E-state index contributed by atoms with van der Waals surface area (Å²) in [6, 6.07) is 2.88. The predicted octanol–water partition coefficient (Wildman–Crippen LogP) is -0.306. The molecule has 0 fully saturated rings. The van der Waals surface area contributed by atoms with E-state index in [9.17, 15) is 18.0 Å². The minimum absolute atomic E-state index is 0.0722. The van der Waals surface area contributed by atoms with Crippen molar-refractivity contribution in [3.8, 4) is 0 Å². The van der Waals surface area contributed by atoms with Crippen molar-refractivity contribution < 1.29 is 28.0 Å². The zero-order valence-corrected chi connectivity index (χ0v) is 7.82. The van der Waals surface area contributed by atoms with Crippen molar-refractivity contribution in [1.82, 2.24) is 0 Å². The number of hydrogen-bond acceptors (Lipinski definition) is 4. The van der Waals surface area contributed by atoms with Gasteiger partial charge < -0.3 is 15.8 Å². The largest absolute Gasteiger partial charge is 0.489 e. The fourth-order valence-corrected chi connectivity index (χ4v) is 1.15. The summed E-state index contributed by atoms with van der Waals surface area (Å²) in [4.78, 5) is 10.9. The van der Waals surface area contributed by atoms with Gasteiger partial charge in [0.05, 0.1) is 0 Å². The molecule has 0 heterocycles. The van der Waals surface area contributed by atoms with E-state index in [1.165, 1.54) is 6.07 Å². The van der Waals surface area contributed by atoms with Gasteiger partial charge in [0, 0.05) is 11.3 Å². The molecule has 4 nitrogen and oxygen atoms in total. The lowest BCUT2D eigenvalue weighted by Crippen LogP contribution is -2.38. The standard InChI is InChI=1S/C8H7BF3NO3/c10-8(11,12)7(14)5-3-4(13)1-2-6(5)9(15)16/h1-3,15-16H,13H2. The smallest absolute Gasteiger partial charge is 0.423 e. The third kappa shape index (κ3) is 2.53. The molecule has 1 aromatic rings. The number of anilines is 1. The molecule has 0 atom stereocenters. The molecule has 0 aliphatic carbocycles. The molecule has 0 bridgehead atoms. The highest BCUT2D eigenvalue weighted by molar-refractivity contribution is 6.60. The van der Waals surface area contributed by atoms with E-state index in [1.807, 2.05) is 0 Å². The summed E-state index contributed by atoms with van der Waals surface area (Å²) in [5, 5.41) is 17.6. The van der Waals surface area contributed by atoms with Crippen LogP contribution in [0.5, 0.6) is 0 Å². The van der Waals surface area contributed by atoms with Crippen LogP contribution < -0.4 is 11.2 Å². The quantitative estimate of drug-likeness (QED) is 0.371.